The number of rotatable bonds is 20. The summed E-state index contributed by atoms with van der Waals surface area (Å²) in [6.45, 7) is 0. The van der Waals surface area contributed by atoms with Gasteiger partial charge in [0.2, 0.25) is 5.69 Å². The second-order valence-electron chi connectivity index (χ2n) is 17.6. The molecule has 446 valence electrons. The molecule has 0 aliphatic carbocycles. The minimum atomic E-state index is -5.17. The van der Waals surface area contributed by atoms with Crippen molar-refractivity contribution in [3.63, 3.8) is 0 Å². The molecule has 29 nitrogen and oxygen atoms in total. The van der Waals surface area contributed by atoms with Crippen LogP contribution in [0.3, 0.4) is 0 Å². The van der Waals surface area contributed by atoms with Gasteiger partial charge in [-0.15, -0.1) is 0 Å². The molecule has 0 aliphatic heterocycles. The topological polar surface area (TPSA) is 464 Å². The van der Waals surface area contributed by atoms with Crippen molar-refractivity contribution in [3.05, 3.63) is 197 Å². The molecule has 0 aromatic heterocycles. The Balaban J connectivity index is 0.965. The molecule has 8 rings (SSSR count). The molecule has 35 heteroatoms. The Morgan fingerprint density at radius 1 is 0.276 bits per heavy atom. The van der Waals surface area contributed by atoms with Gasteiger partial charge in [-0.1, -0.05) is 47.4 Å². The van der Waals surface area contributed by atoms with E-state index in [0.717, 1.165) is 91.0 Å². The molecule has 0 heterocycles. The minimum absolute atomic E-state index is 0.0585. The first-order valence-electron chi connectivity index (χ1n) is 23.8. The largest absolute Gasteiger partial charge is 0.594 e. The molecule has 0 bridgehead atoms. The van der Waals surface area contributed by atoms with E-state index in [1.165, 1.54) is 97.1 Å². The molecular weight excluding hydrogens is 1260 g/mol. The Bertz CT molecular complexity index is 4950. The maximum Gasteiger partial charge on any atom is 0.295 e. The van der Waals surface area contributed by atoms with Gasteiger partial charge in [0.1, 0.15) is 25.3 Å². The Morgan fingerprint density at radius 3 is 0.770 bits per heavy atom. The van der Waals surface area contributed by atoms with Gasteiger partial charge in [0.15, 0.2) is 0 Å². The SMILES string of the molecule is O=S(=O)(O)c1ccc(N=Nc2ccc(N=Nc3ccc(C=Cc4ccc(N=[N+]([O-])c5ccc(C=Cc6ccc(N=Nc7ccc(N=Nc8ccc(S(=O)(=O)O)cc8)cc7)cc6S(=O)(=O)O)c(S(=O)(=O)O)c5)cc4S(=O)(=O)O)c(S(=O)(=O)O)c3)cc2)cc1. The highest BCUT2D eigenvalue weighted by atomic mass is 32.2. The lowest BCUT2D eigenvalue weighted by molar-refractivity contribution is -0.435. The summed E-state index contributed by atoms with van der Waals surface area (Å²) >= 11 is 0. The van der Waals surface area contributed by atoms with Crippen molar-refractivity contribution in [2.24, 2.45) is 46.0 Å². The predicted octanol–water partition coefficient (Wildman–Crippen LogP) is 13.1. The predicted molar refractivity (Wildman–Crippen MR) is 310 cm³/mol. The fourth-order valence-electron chi connectivity index (χ4n) is 7.37. The Labute approximate surface area is 494 Å². The summed E-state index contributed by atoms with van der Waals surface area (Å²) in [6.07, 6.45) is 4.22. The zero-order valence-corrected chi connectivity index (χ0v) is 48.3. The lowest BCUT2D eigenvalue weighted by Crippen LogP contribution is -2.03. The van der Waals surface area contributed by atoms with Crippen molar-refractivity contribution in [2.75, 3.05) is 0 Å². The third-order valence-electron chi connectivity index (χ3n) is 11.5. The molecule has 0 atom stereocenters. The van der Waals surface area contributed by atoms with Crippen LogP contribution in [0.2, 0.25) is 0 Å². The molecule has 0 fully saturated rings. The monoisotopic (exact) mass is 1300 g/mol. The Morgan fingerprint density at radius 2 is 0.494 bits per heavy atom. The van der Waals surface area contributed by atoms with Crippen molar-refractivity contribution in [2.45, 2.75) is 29.4 Å². The quantitative estimate of drug-likeness (QED) is 0.0136. The molecule has 8 aromatic carbocycles. The number of benzene rings is 8. The van der Waals surface area contributed by atoms with E-state index in [1.807, 2.05) is 0 Å². The van der Waals surface area contributed by atoms with Crippen molar-refractivity contribution >= 4 is 142 Å². The standard InChI is InChI=1S/C52H38N10O19S6/c63-62(46-24-8-36(52(32-46)87(79,80)81)4-3-34-6-10-44(30-50(34)85(73,74)75)60-58-40-18-14-38(15-19-40)54-56-42-22-27-48(28-23-42)83(67,68)69)61-45-11-7-35(51(31-45)86(76,77)78)2-1-33-5-9-43(29-49(33)84(70,71)72)59-57-39-16-12-37(13-17-39)53-55-41-20-25-47(26-21-41)82(64,65)66/h1-32H,(H,64,65,66)(H,67,68,69)(H,70,71,72)(H,73,74,75)(H,76,77,78)(H,79,80,81). The van der Waals surface area contributed by atoms with Crippen LogP contribution in [-0.2, 0) is 60.7 Å². The molecule has 8 aromatic rings. The fourth-order valence-corrected chi connectivity index (χ4v) is 11.1. The minimum Gasteiger partial charge on any atom is -0.594 e. The molecule has 87 heavy (non-hydrogen) atoms. The van der Waals surface area contributed by atoms with Gasteiger partial charge < -0.3 is 5.21 Å². The van der Waals surface area contributed by atoms with Gasteiger partial charge in [0, 0.05) is 17.2 Å². The molecule has 6 N–H and O–H groups in total. The van der Waals surface area contributed by atoms with E-state index in [-0.39, 0.29) is 71.0 Å². The van der Waals surface area contributed by atoms with Gasteiger partial charge in [0.05, 0.1) is 55.3 Å². The summed E-state index contributed by atoms with van der Waals surface area (Å²) < 4.78 is 204. The van der Waals surface area contributed by atoms with Crippen molar-refractivity contribution < 1.29 is 82.7 Å². The van der Waals surface area contributed by atoms with E-state index in [1.54, 1.807) is 0 Å². The lowest BCUT2D eigenvalue weighted by atomic mass is 10.1. The normalized spacial score (nSPS) is 13.3. The van der Waals surface area contributed by atoms with E-state index < -0.39 is 91.7 Å². The molecular formula is C52H38N10O19S6. The average Bonchev–Trinajstić information content (AvgIpc) is 3.36. The Kier molecular flexibility index (Phi) is 18.7. The van der Waals surface area contributed by atoms with Gasteiger partial charge in [-0.3, -0.25) is 27.3 Å². The molecule has 0 aliphatic rings. The van der Waals surface area contributed by atoms with Crippen molar-refractivity contribution in [3.8, 4) is 0 Å². The van der Waals surface area contributed by atoms with E-state index in [4.69, 9.17) is 9.11 Å². The molecule has 0 spiro atoms. The van der Waals surface area contributed by atoms with Crippen LogP contribution < -0.4 is 0 Å². The van der Waals surface area contributed by atoms with Crippen LogP contribution >= 0.6 is 0 Å². The summed E-state index contributed by atoms with van der Waals surface area (Å²) in [6, 6.07) is 34.4. The maximum absolute atomic E-state index is 13.4. The summed E-state index contributed by atoms with van der Waals surface area (Å²) in [4.78, 5) is -3.96. The third kappa shape index (κ3) is 17.3. The van der Waals surface area contributed by atoms with Gasteiger partial charge in [-0.05, 0) is 162 Å². The maximum atomic E-state index is 13.4. The summed E-state index contributed by atoms with van der Waals surface area (Å²) in [7, 11) is -29.1. The Hall–Kier alpha value is -9.50. The number of azo groups is 5. The molecule has 0 saturated carbocycles. The third-order valence-corrected chi connectivity index (χ3v) is 16.9. The van der Waals surface area contributed by atoms with Gasteiger partial charge in [-0.2, -0.15) is 91.4 Å². The van der Waals surface area contributed by atoms with Crippen molar-refractivity contribution in [1.82, 2.24) is 0 Å². The smallest absolute Gasteiger partial charge is 0.295 e. The number of hydrogen-bond donors (Lipinski definition) is 6. The van der Waals surface area contributed by atoms with Crippen LogP contribution in [0, 0.1) is 5.21 Å². The zero-order valence-electron chi connectivity index (χ0n) is 43.4. The average molecular weight is 1300 g/mol. The van der Waals surface area contributed by atoms with Crippen LogP contribution in [0.25, 0.3) is 24.3 Å². The first kappa shape index (κ1) is 63.5. The van der Waals surface area contributed by atoms with Crippen LogP contribution in [0.15, 0.2) is 245 Å². The summed E-state index contributed by atoms with van der Waals surface area (Å²) in [5.74, 6) is 0. The highest BCUT2D eigenvalue weighted by Crippen LogP contribution is 2.33. The van der Waals surface area contributed by atoms with Crippen LogP contribution in [-0.4, -0.2) is 82.7 Å². The van der Waals surface area contributed by atoms with Gasteiger partial charge in [0.25, 0.3) is 60.7 Å². The lowest BCUT2D eigenvalue weighted by Gasteiger charge is -2.08. The van der Waals surface area contributed by atoms with E-state index in [0.29, 0.717) is 17.4 Å². The molecule has 0 unspecified atom stereocenters. The fraction of sp³-hybridized carbons (Fsp3) is 0. The van der Waals surface area contributed by atoms with Crippen LogP contribution in [0.4, 0.5) is 56.9 Å². The van der Waals surface area contributed by atoms with E-state index >= 15 is 0 Å². The number of hydrogen-bond acceptors (Lipinski definition) is 22. The van der Waals surface area contributed by atoms with E-state index in [2.05, 4.69) is 46.0 Å². The van der Waals surface area contributed by atoms with E-state index in [9.17, 15) is 73.9 Å². The van der Waals surface area contributed by atoms with Crippen LogP contribution in [0.5, 0.6) is 0 Å². The first-order chi connectivity index (χ1) is 40.8. The molecule has 0 amide bonds. The van der Waals surface area contributed by atoms with Gasteiger partial charge >= 0.3 is 0 Å². The molecule has 0 saturated heterocycles. The highest BCUT2D eigenvalue weighted by molar-refractivity contribution is 7.87. The number of nitrogens with zero attached hydrogens (tertiary/aromatic N) is 10. The highest BCUT2D eigenvalue weighted by Gasteiger charge is 2.22. The second kappa shape index (κ2) is 25.6. The first-order valence-corrected chi connectivity index (χ1v) is 32.4. The summed E-state index contributed by atoms with van der Waals surface area (Å²) in [5.41, 5.74) is -0.287. The molecule has 0 radical (unpaired) electrons. The van der Waals surface area contributed by atoms with Crippen LogP contribution in [0.1, 0.15) is 22.3 Å². The second-order valence-corrected chi connectivity index (χ2v) is 26.0. The van der Waals surface area contributed by atoms with Crippen molar-refractivity contribution in [1.29, 1.82) is 0 Å². The zero-order chi connectivity index (χ0) is 63.1. The van der Waals surface area contributed by atoms with Gasteiger partial charge in [-0.25, -0.2) is 0 Å². The summed E-state index contributed by atoms with van der Waals surface area (Å²) in [5, 5.41) is 49.2.